The van der Waals surface area contributed by atoms with Gasteiger partial charge in [0.15, 0.2) is 5.65 Å². The van der Waals surface area contributed by atoms with Crippen LogP contribution in [0.5, 0.6) is 0 Å². The van der Waals surface area contributed by atoms with Crippen molar-refractivity contribution < 1.29 is 4.52 Å². The Morgan fingerprint density at radius 1 is 1.27 bits per heavy atom. The SMILES string of the molecule is Cc1nn(C)c2ncn(Cc3nc(N4CCC(c5ccc(Cl)cc5)C4)no3)c(=O)c12. The highest BCUT2D eigenvalue weighted by Gasteiger charge is 2.27. The Labute approximate surface area is 176 Å². The third kappa shape index (κ3) is 3.24. The molecule has 0 aliphatic carbocycles. The highest BCUT2D eigenvalue weighted by molar-refractivity contribution is 6.30. The Hall–Kier alpha value is -3.20. The van der Waals surface area contributed by atoms with Crippen LogP contribution in [0.25, 0.3) is 11.0 Å². The zero-order chi connectivity index (χ0) is 20.8. The van der Waals surface area contributed by atoms with Crippen molar-refractivity contribution in [3.05, 3.63) is 63.1 Å². The molecule has 0 radical (unpaired) electrons. The summed E-state index contributed by atoms with van der Waals surface area (Å²) in [7, 11) is 1.77. The number of benzene rings is 1. The number of rotatable bonds is 4. The molecule has 1 fully saturated rings. The number of halogens is 1. The summed E-state index contributed by atoms with van der Waals surface area (Å²) >= 11 is 5.99. The molecule has 1 saturated heterocycles. The van der Waals surface area contributed by atoms with E-state index in [9.17, 15) is 4.79 Å². The van der Waals surface area contributed by atoms with Gasteiger partial charge in [-0.15, -0.1) is 0 Å². The van der Waals surface area contributed by atoms with E-state index >= 15 is 0 Å². The molecule has 0 N–H and O–H groups in total. The number of fused-ring (bicyclic) bond motifs is 1. The summed E-state index contributed by atoms with van der Waals surface area (Å²) in [6.07, 6.45) is 2.49. The van der Waals surface area contributed by atoms with Gasteiger partial charge in [-0.2, -0.15) is 10.1 Å². The molecule has 1 aliphatic heterocycles. The smallest absolute Gasteiger partial charge is 0.266 e. The van der Waals surface area contributed by atoms with Gasteiger partial charge < -0.3 is 9.42 Å². The van der Waals surface area contributed by atoms with Crippen molar-refractivity contribution in [1.82, 2.24) is 29.5 Å². The number of aromatic nitrogens is 6. The highest BCUT2D eigenvalue weighted by atomic mass is 35.5. The van der Waals surface area contributed by atoms with Crippen molar-refractivity contribution in [3.63, 3.8) is 0 Å². The summed E-state index contributed by atoms with van der Waals surface area (Å²) in [6, 6.07) is 7.96. The molecule has 0 spiro atoms. The fourth-order valence-corrected chi connectivity index (χ4v) is 4.14. The van der Waals surface area contributed by atoms with Crippen LogP contribution >= 0.6 is 11.6 Å². The summed E-state index contributed by atoms with van der Waals surface area (Å²) in [5.41, 5.74) is 2.29. The van der Waals surface area contributed by atoms with Crippen LogP contribution in [0.15, 0.2) is 39.9 Å². The molecule has 10 heteroatoms. The topological polar surface area (TPSA) is 94.9 Å². The molecule has 5 rings (SSSR count). The molecule has 0 bridgehead atoms. The Bertz CT molecular complexity index is 1270. The maximum atomic E-state index is 12.8. The van der Waals surface area contributed by atoms with Gasteiger partial charge >= 0.3 is 0 Å². The van der Waals surface area contributed by atoms with Crippen molar-refractivity contribution in [2.24, 2.45) is 7.05 Å². The van der Waals surface area contributed by atoms with E-state index < -0.39 is 0 Å². The normalized spacial score (nSPS) is 16.6. The van der Waals surface area contributed by atoms with Crippen molar-refractivity contribution in [3.8, 4) is 0 Å². The number of hydrogen-bond donors (Lipinski definition) is 0. The van der Waals surface area contributed by atoms with E-state index in [2.05, 4.69) is 37.3 Å². The third-order valence-electron chi connectivity index (χ3n) is 5.56. The van der Waals surface area contributed by atoms with Gasteiger partial charge in [-0.05, 0) is 36.2 Å². The van der Waals surface area contributed by atoms with Crippen LogP contribution in [0, 0.1) is 6.92 Å². The lowest BCUT2D eigenvalue weighted by atomic mass is 9.99. The van der Waals surface area contributed by atoms with Crippen LogP contribution in [0.3, 0.4) is 0 Å². The second-order valence-electron chi connectivity index (χ2n) is 7.56. The largest absolute Gasteiger partial charge is 0.338 e. The fraction of sp³-hybridized carbons (Fsp3) is 0.350. The number of anilines is 1. The Kier molecular flexibility index (Phi) is 4.54. The molecular weight excluding hydrogens is 406 g/mol. The van der Waals surface area contributed by atoms with Gasteiger partial charge in [-0.3, -0.25) is 9.36 Å². The van der Waals surface area contributed by atoms with Gasteiger partial charge in [0, 0.05) is 31.1 Å². The summed E-state index contributed by atoms with van der Waals surface area (Å²) in [4.78, 5) is 23.8. The van der Waals surface area contributed by atoms with Crippen molar-refractivity contribution in [2.45, 2.75) is 25.8 Å². The Balaban J connectivity index is 1.33. The molecule has 4 heterocycles. The molecule has 3 aromatic heterocycles. The van der Waals surface area contributed by atoms with E-state index in [1.54, 1.807) is 18.7 Å². The molecule has 1 unspecified atom stereocenters. The highest BCUT2D eigenvalue weighted by Crippen LogP contribution is 2.30. The Morgan fingerprint density at radius 2 is 2.07 bits per heavy atom. The van der Waals surface area contributed by atoms with E-state index in [1.165, 1.54) is 16.5 Å². The zero-order valence-corrected chi connectivity index (χ0v) is 17.4. The van der Waals surface area contributed by atoms with E-state index in [0.717, 1.165) is 24.5 Å². The second kappa shape index (κ2) is 7.24. The minimum atomic E-state index is -0.172. The molecule has 0 amide bonds. The van der Waals surface area contributed by atoms with E-state index in [-0.39, 0.29) is 12.1 Å². The maximum absolute atomic E-state index is 12.8. The third-order valence-corrected chi connectivity index (χ3v) is 5.81. The standard InChI is InChI=1S/C20H20ClN7O2/c1-12-17-18(26(2)24-12)22-11-28(19(17)29)10-16-23-20(25-30-16)27-8-7-14(9-27)13-3-5-15(21)6-4-13/h3-6,11,14H,7-10H2,1-2H3. The first-order valence-electron chi connectivity index (χ1n) is 9.71. The predicted molar refractivity (Wildman–Crippen MR) is 112 cm³/mol. The number of aryl methyl sites for hydroxylation is 2. The average Bonchev–Trinajstić information content (AvgIpc) is 3.44. The van der Waals surface area contributed by atoms with E-state index in [1.807, 2.05) is 12.1 Å². The minimum absolute atomic E-state index is 0.164. The fourth-order valence-electron chi connectivity index (χ4n) is 4.01. The summed E-state index contributed by atoms with van der Waals surface area (Å²) < 4.78 is 8.48. The van der Waals surface area contributed by atoms with Crippen LogP contribution in [-0.2, 0) is 13.6 Å². The average molecular weight is 426 g/mol. The monoisotopic (exact) mass is 425 g/mol. The lowest BCUT2D eigenvalue weighted by Gasteiger charge is -2.13. The van der Waals surface area contributed by atoms with Crippen molar-refractivity contribution in [2.75, 3.05) is 18.0 Å². The van der Waals surface area contributed by atoms with Crippen molar-refractivity contribution >= 4 is 28.6 Å². The van der Waals surface area contributed by atoms with Gasteiger partial charge in [0.25, 0.3) is 11.5 Å². The number of hydrogen-bond acceptors (Lipinski definition) is 7. The first-order valence-corrected chi connectivity index (χ1v) is 10.1. The molecule has 0 saturated carbocycles. The van der Waals surface area contributed by atoms with Crippen LogP contribution in [0.4, 0.5) is 5.95 Å². The minimum Gasteiger partial charge on any atom is -0.338 e. The molecule has 9 nitrogen and oxygen atoms in total. The molecule has 30 heavy (non-hydrogen) atoms. The molecule has 4 aromatic rings. The van der Waals surface area contributed by atoms with Gasteiger partial charge in [-0.1, -0.05) is 23.7 Å². The predicted octanol–water partition coefficient (Wildman–Crippen LogP) is 2.52. The van der Waals surface area contributed by atoms with E-state index in [4.69, 9.17) is 16.1 Å². The van der Waals surface area contributed by atoms with Crippen LogP contribution in [0.2, 0.25) is 5.02 Å². The Morgan fingerprint density at radius 3 is 2.87 bits per heavy atom. The molecule has 1 atom stereocenters. The summed E-state index contributed by atoms with van der Waals surface area (Å²) in [5, 5.41) is 9.63. The second-order valence-corrected chi connectivity index (χ2v) is 7.99. The van der Waals surface area contributed by atoms with Gasteiger partial charge in [0.2, 0.25) is 5.89 Å². The molecule has 1 aliphatic rings. The van der Waals surface area contributed by atoms with Gasteiger partial charge in [-0.25, -0.2) is 9.67 Å². The van der Waals surface area contributed by atoms with Crippen LogP contribution < -0.4 is 10.5 Å². The molecular formula is C20H20ClN7O2. The summed E-state index contributed by atoms with van der Waals surface area (Å²) in [5.74, 6) is 1.30. The molecule has 154 valence electrons. The maximum Gasteiger partial charge on any atom is 0.266 e. The lowest BCUT2D eigenvalue weighted by Crippen LogP contribution is -2.22. The molecule has 1 aromatic carbocycles. The first-order chi connectivity index (χ1) is 14.5. The first kappa shape index (κ1) is 18.8. The van der Waals surface area contributed by atoms with Gasteiger partial charge in [0.1, 0.15) is 18.3 Å². The lowest BCUT2D eigenvalue weighted by molar-refractivity contribution is 0.368. The zero-order valence-electron chi connectivity index (χ0n) is 16.6. The van der Waals surface area contributed by atoms with Crippen LogP contribution in [0.1, 0.15) is 29.5 Å². The quantitative estimate of drug-likeness (QED) is 0.495. The van der Waals surface area contributed by atoms with Gasteiger partial charge in [0.05, 0.1) is 5.69 Å². The van der Waals surface area contributed by atoms with Crippen LogP contribution in [-0.4, -0.2) is 42.6 Å². The number of nitrogens with zero attached hydrogens (tertiary/aromatic N) is 7. The van der Waals surface area contributed by atoms with E-state index in [0.29, 0.717) is 34.5 Å². The van der Waals surface area contributed by atoms with Crippen molar-refractivity contribution in [1.29, 1.82) is 0 Å². The summed E-state index contributed by atoms with van der Waals surface area (Å²) in [6.45, 7) is 3.61.